The summed E-state index contributed by atoms with van der Waals surface area (Å²) in [7, 11) is 0. The van der Waals surface area contributed by atoms with E-state index in [0.29, 0.717) is 0 Å². The van der Waals surface area contributed by atoms with Crippen LogP contribution in [-0.2, 0) is 11.3 Å². The van der Waals surface area contributed by atoms with Crippen molar-refractivity contribution in [1.82, 2.24) is 0 Å². The monoisotopic (exact) mass is 319 g/mol. The molecular weight excluding hydrogens is 304 g/mol. The van der Waals surface area contributed by atoms with Gasteiger partial charge in [-0.2, -0.15) is 0 Å². The largest absolute Gasteiger partial charge is 0.444 e. The number of rotatable bonds is 5. The highest BCUT2D eigenvalue weighted by atomic mass is 19.1. The zero-order chi connectivity index (χ0) is 16.7. The van der Waals surface area contributed by atoms with Crippen LogP contribution in [0.4, 0.5) is 19.3 Å². The van der Waals surface area contributed by atoms with Crippen LogP contribution >= 0.6 is 0 Å². The number of ether oxygens (including phenoxy) is 1. The first-order chi connectivity index (χ1) is 11.1. The molecular formula is C17H15F2NO3. The Hall–Kier alpha value is -2.73. The van der Waals surface area contributed by atoms with Crippen LogP contribution in [0.15, 0.2) is 48.5 Å². The molecule has 120 valence electrons. The molecule has 0 aliphatic carbocycles. The van der Waals surface area contributed by atoms with Gasteiger partial charge in [-0.05, 0) is 17.7 Å². The maximum Gasteiger partial charge on any atom is 0.411 e. The second-order valence-corrected chi connectivity index (χ2v) is 4.63. The highest BCUT2D eigenvalue weighted by Gasteiger charge is 2.11. The van der Waals surface area contributed by atoms with Gasteiger partial charge in [-0.3, -0.25) is 5.32 Å². The van der Waals surface area contributed by atoms with Crippen LogP contribution in [0.5, 0.6) is 0 Å². The Bertz CT molecular complexity index is 679. The Morgan fingerprint density at radius 1 is 1.17 bits per heavy atom. The fourth-order valence-corrected chi connectivity index (χ4v) is 1.86. The summed E-state index contributed by atoms with van der Waals surface area (Å²) >= 11 is 0. The van der Waals surface area contributed by atoms with Gasteiger partial charge in [0.15, 0.2) is 0 Å². The molecule has 4 nitrogen and oxygen atoms in total. The van der Waals surface area contributed by atoms with Crippen molar-refractivity contribution in [3.63, 3.8) is 0 Å². The van der Waals surface area contributed by atoms with Crippen molar-refractivity contribution in [1.29, 1.82) is 0 Å². The molecule has 0 aliphatic rings. The van der Waals surface area contributed by atoms with E-state index >= 15 is 0 Å². The summed E-state index contributed by atoms with van der Waals surface area (Å²) in [5, 5.41) is 10.9. The molecule has 1 amide bonds. The normalized spacial score (nSPS) is 10.7. The average Bonchev–Trinajstić information content (AvgIpc) is 2.53. The summed E-state index contributed by atoms with van der Waals surface area (Å²) < 4.78 is 32.5. The van der Waals surface area contributed by atoms with E-state index in [4.69, 9.17) is 9.84 Å². The summed E-state index contributed by atoms with van der Waals surface area (Å²) in [6.07, 6.45) is 1.52. The van der Waals surface area contributed by atoms with Crippen LogP contribution < -0.4 is 5.32 Å². The molecule has 2 N–H and O–H groups in total. The van der Waals surface area contributed by atoms with E-state index in [2.05, 4.69) is 5.32 Å². The van der Waals surface area contributed by atoms with Crippen LogP contribution in [0.3, 0.4) is 0 Å². The number of aliphatic hydroxyl groups excluding tert-OH is 1. The minimum atomic E-state index is -0.854. The average molecular weight is 319 g/mol. The molecule has 0 radical (unpaired) electrons. The number of amides is 1. The van der Waals surface area contributed by atoms with Gasteiger partial charge in [-0.15, -0.1) is 0 Å². The van der Waals surface area contributed by atoms with Gasteiger partial charge in [0.05, 0.1) is 6.61 Å². The number of aliphatic hydroxyl groups is 1. The van der Waals surface area contributed by atoms with Crippen molar-refractivity contribution >= 4 is 17.9 Å². The van der Waals surface area contributed by atoms with E-state index in [1.807, 2.05) is 6.07 Å². The van der Waals surface area contributed by atoms with Crippen LogP contribution in [0.25, 0.3) is 6.08 Å². The quantitative estimate of drug-likeness (QED) is 0.883. The Morgan fingerprint density at radius 2 is 1.83 bits per heavy atom. The maximum absolute atomic E-state index is 13.8. The summed E-state index contributed by atoms with van der Waals surface area (Å²) in [5.74, 6) is -1.71. The fraction of sp³-hybridized carbons (Fsp3) is 0.118. The summed E-state index contributed by atoms with van der Waals surface area (Å²) in [6.45, 7) is -0.278. The van der Waals surface area contributed by atoms with Gasteiger partial charge in [0.2, 0.25) is 0 Å². The number of nitrogens with one attached hydrogen (secondary N) is 1. The van der Waals surface area contributed by atoms with Gasteiger partial charge in [0.25, 0.3) is 0 Å². The van der Waals surface area contributed by atoms with Crippen molar-refractivity contribution in [3.8, 4) is 0 Å². The number of benzene rings is 2. The Morgan fingerprint density at radius 3 is 2.43 bits per heavy atom. The van der Waals surface area contributed by atoms with Crippen LogP contribution in [-0.4, -0.2) is 17.8 Å². The molecule has 2 aromatic rings. The minimum absolute atomic E-state index is 0.0506. The lowest BCUT2D eigenvalue weighted by molar-refractivity contribution is 0.155. The van der Waals surface area contributed by atoms with Crippen molar-refractivity contribution in [2.45, 2.75) is 6.61 Å². The Labute approximate surface area is 132 Å². The number of hydrogen-bond donors (Lipinski definition) is 2. The molecule has 0 spiro atoms. The van der Waals surface area contributed by atoms with Crippen molar-refractivity contribution in [3.05, 3.63) is 71.3 Å². The fourth-order valence-electron chi connectivity index (χ4n) is 1.86. The van der Waals surface area contributed by atoms with E-state index in [-0.39, 0.29) is 24.5 Å². The maximum atomic E-state index is 13.8. The predicted molar refractivity (Wildman–Crippen MR) is 82.7 cm³/mol. The van der Waals surface area contributed by atoms with Gasteiger partial charge in [0.1, 0.15) is 18.2 Å². The molecule has 6 heteroatoms. The Balaban J connectivity index is 1.99. The van der Waals surface area contributed by atoms with Crippen LogP contribution in [0, 0.1) is 11.6 Å². The molecule has 0 atom stereocenters. The molecule has 0 unspecified atom stereocenters. The lowest BCUT2D eigenvalue weighted by atomic mass is 10.1. The third-order valence-electron chi connectivity index (χ3n) is 2.93. The van der Waals surface area contributed by atoms with Crippen molar-refractivity contribution in [2.24, 2.45) is 0 Å². The smallest absolute Gasteiger partial charge is 0.411 e. The molecule has 0 aliphatic heterocycles. The van der Waals surface area contributed by atoms with Crippen molar-refractivity contribution in [2.75, 3.05) is 11.9 Å². The molecule has 0 heterocycles. The zero-order valence-corrected chi connectivity index (χ0v) is 12.1. The molecule has 23 heavy (non-hydrogen) atoms. The third kappa shape index (κ3) is 4.89. The summed E-state index contributed by atoms with van der Waals surface area (Å²) in [4.78, 5) is 11.6. The molecule has 0 bridgehead atoms. The minimum Gasteiger partial charge on any atom is -0.444 e. The number of anilines is 1. The van der Waals surface area contributed by atoms with E-state index in [1.54, 1.807) is 24.3 Å². The number of carbonyl (C=O) groups is 1. The second kappa shape index (κ2) is 8.05. The van der Waals surface area contributed by atoms with E-state index in [9.17, 15) is 13.6 Å². The van der Waals surface area contributed by atoms with Crippen molar-refractivity contribution < 1.29 is 23.4 Å². The molecule has 0 saturated heterocycles. The van der Waals surface area contributed by atoms with Gasteiger partial charge in [-0.1, -0.05) is 42.5 Å². The molecule has 2 rings (SSSR count). The van der Waals surface area contributed by atoms with E-state index in [0.717, 1.165) is 23.8 Å². The first-order valence-corrected chi connectivity index (χ1v) is 6.84. The van der Waals surface area contributed by atoms with Gasteiger partial charge < -0.3 is 9.84 Å². The zero-order valence-electron chi connectivity index (χ0n) is 12.1. The number of hydrogen-bond acceptors (Lipinski definition) is 3. The SMILES string of the molecule is O=C(Nc1cc(F)c(/C=C/CO)c(F)c1)OCc1ccccc1. The first kappa shape index (κ1) is 16.6. The molecule has 0 aromatic heterocycles. The lowest BCUT2D eigenvalue weighted by Crippen LogP contribution is -2.14. The van der Waals surface area contributed by atoms with E-state index < -0.39 is 17.7 Å². The summed E-state index contributed by atoms with van der Waals surface area (Å²) in [5.41, 5.74) is 0.450. The molecule has 0 saturated carbocycles. The highest BCUT2D eigenvalue weighted by molar-refractivity contribution is 5.84. The highest BCUT2D eigenvalue weighted by Crippen LogP contribution is 2.20. The number of carbonyl (C=O) groups excluding carboxylic acids is 1. The lowest BCUT2D eigenvalue weighted by Gasteiger charge is -2.09. The second-order valence-electron chi connectivity index (χ2n) is 4.63. The van der Waals surface area contributed by atoms with Gasteiger partial charge >= 0.3 is 6.09 Å². The van der Waals surface area contributed by atoms with Gasteiger partial charge in [-0.25, -0.2) is 13.6 Å². The molecule has 2 aromatic carbocycles. The van der Waals surface area contributed by atoms with E-state index in [1.165, 1.54) is 6.08 Å². The third-order valence-corrected chi connectivity index (χ3v) is 2.93. The summed E-state index contributed by atoms with van der Waals surface area (Å²) in [6, 6.07) is 11.0. The van der Waals surface area contributed by atoms with Crippen LogP contribution in [0.2, 0.25) is 0 Å². The van der Waals surface area contributed by atoms with Gasteiger partial charge in [0, 0.05) is 11.3 Å². The number of halogens is 2. The van der Waals surface area contributed by atoms with Crippen LogP contribution in [0.1, 0.15) is 11.1 Å². The molecule has 0 fully saturated rings. The first-order valence-electron chi connectivity index (χ1n) is 6.84. The Kier molecular flexibility index (Phi) is 5.82. The standard InChI is InChI=1S/C17H15F2NO3/c18-15-9-13(10-16(19)14(15)7-4-8-21)20-17(22)23-11-12-5-2-1-3-6-12/h1-7,9-10,21H,8,11H2,(H,20,22)/b7-4+. The predicted octanol–water partition coefficient (Wildman–Crippen LogP) is 3.72. The topological polar surface area (TPSA) is 58.6 Å².